The highest BCUT2D eigenvalue weighted by molar-refractivity contribution is 5.80. The highest BCUT2D eigenvalue weighted by Crippen LogP contribution is 2.16. The summed E-state index contributed by atoms with van der Waals surface area (Å²) in [6.07, 6.45) is 38.4. The number of hydrogen-bond acceptors (Lipinski definition) is 5. The summed E-state index contributed by atoms with van der Waals surface area (Å²) in [4.78, 5) is 12.4. The number of hydrogen-bond donors (Lipinski definition) is 5. The molecule has 0 saturated carbocycles. The van der Waals surface area contributed by atoms with Crippen LogP contribution in [-0.2, 0) is 4.79 Å². The number of aliphatic hydroxyl groups is 4. The van der Waals surface area contributed by atoms with Gasteiger partial charge in [-0.15, -0.1) is 0 Å². The molecule has 4 unspecified atom stereocenters. The summed E-state index contributed by atoms with van der Waals surface area (Å²) in [5.74, 6) is -0.593. The quantitative estimate of drug-likeness (QED) is 0.0335. The molecule has 4 atom stereocenters. The molecule has 0 fully saturated rings. The van der Waals surface area contributed by atoms with Crippen molar-refractivity contribution < 1.29 is 25.2 Å². The Bertz CT molecular complexity index is 672. The second kappa shape index (κ2) is 36.3. The highest BCUT2D eigenvalue weighted by Gasteiger charge is 2.28. The van der Waals surface area contributed by atoms with Crippen molar-refractivity contribution in [3.05, 3.63) is 12.2 Å². The molecule has 0 aromatic carbocycles. The molecule has 0 bridgehead atoms. The fourth-order valence-electron chi connectivity index (χ4n) is 6.40. The normalized spacial score (nSPS) is 14.4. The molecule has 0 aliphatic carbocycles. The van der Waals surface area contributed by atoms with Crippen molar-refractivity contribution in [2.75, 3.05) is 6.61 Å². The van der Waals surface area contributed by atoms with Crippen LogP contribution in [0.1, 0.15) is 213 Å². The molecular formula is C41H81NO5. The average molecular weight is 668 g/mol. The Morgan fingerprint density at radius 2 is 0.872 bits per heavy atom. The minimum Gasteiger partial charge on any atom is -0.394 e. The van der Waals surface area contributed by atoms with Gasteiger partial charge in [-0.25, -0.2) is 0 Å². The average Bonchev–Trinajstić information content (AvgIpc) is 3.08. The van der Waals surface area contributed by atoms with Crippen molar-refractivity contribution in [1.82, 2.24) is 5.32 Å². The summed E-state index contributed by atoms with van der Waals surface area (Å²) in [7, 11) is 0. The number of carbonyl (C=O) groups excluding carboxylic acids is 1. The van der Waals surface area contributed by atoms with Crippen molar-refractivity contribution in [2.24, 2.45) is 0 Å². The lowest BCUT2D eigenvalue weighted by Gasteiger charge is -2.27. The van der Waals surface area contributed by atoms with Gasteiger partial charge in [0.1, 0.15) is 12.2 Å². The van der Waals surface area contributed by atoms with Crippen LogP contribution < -0.4 is 5.32 Å². The molecule has 280 valence electrons. The van der Waals surface area contributed by atoms with Gasteiger partial charge in [-0.1, -0.05) is 187 Å². The summed E-state index contributed by atoms with van der Waals surface area (Å²) in [5.41, 5.74) is 0. The van der Waals surface area contributed by atoms with Gasteiger partial charge in [0.15, 0.2) is 0 Å². The van der Waals surface area contributed by atoms with E-state index >= 15 is 0 Å². The molecule has 0 saturated heterocycles. The predicted octanol–water partition coefficient (Wildman–Crippen LogP) is 10.2. The number of amides is 1. The number of aliphatic hydroxyl groups excluding tert-OH is 4. The molecule has 0 spiro atoms. The first-order chi connectivity index (χ1) is 23.0. The third-order valence-corrected chi connectivity index (χ3v) is 9.73. The fourth-order valence-corrected chi connectivity index (χ4v) is 6.40. The zero-order chi connectivity index (χ0) is 34.6. The number of rotatable bonds is 37. The van der Waals surface area contributed by atoms with Crippen LogP contribution in [-0.4, -0.2) is 57.3 Å². The lowest BCUT2D eigenvalue weighted by atomic mass is 10.00. The number of allylic oxidation sites excluding steroid dienone is 2. The van der Waals surface area contributed by atoms with E-state index in [1.54, 1.807) is 0 Å². The molecule has 5 N–H and O–H groups in total. The molecule has 0 rings (SSSR count). The monoisotopic (exact) mass is 668 g/mol. The van der Waals surface area contributed by atoms with E-state index in [1.165, 1.54) is 148 Å². The van der Waals surface area contributed by atoms with Gasteiger partial charge in [0.25, 0.3) is 0 Å². The van der Waals surface area contributed by atoms with Crippen molar-refractivity contribution in [2.45, 2.75) is 237 Å². The van der Waals surface area contributed by atoms with E-state index in [1.807, 2.05) is 0 Å². The van der Waals surface area contributed by atoms with E-state index in [2.05, 4.69) is 31.3 Å². The van der Waals surface area contributed by atoms with Gasteiger partial charge in [-0.2, -0.15) is 0 Å². The Morgan fingerprint density at radius 1 is 0.511 bits per heavy atom. The minimum absolute atomic E-state index is 0.367. The zero-order valence-electron chi connectivity index (χ0n) is 31.3. The second-order valence-corrected chi connectivity index (χ2v) is 14.3. The maximum absolute atomic E-state index is 12.4. The van der Waals surface area contributed by atoms with Crippen molar-refractivity contribution in [3.63, 3.8) is 0 Å². The van der Waals surface area contributed by atoms with Gasteiger partial charge in [0.2, 0.25) is 5.91 Å². The molecule has 0 aromatic heterocycles. The maximum Gasteiger partial charge on any atom is 0.249 e. The molecular weight excluding hydrogens is 586 g/mol. The summed E-state index contributed by atoms with van der Waals surface area (Å²) in [6, 6.07) is -0.994. The Labute approximate surface area is 292 Å². The van der Waals surface area contributed by atoms with E-state index in [4.69, 9.17) is 0 Å². The molecule has 0 aliphatic rings. The minimum atomic E-state index is -1.27. The molecule has 6 heteroatoms. The first-order valence-corrected chi connectivity index (χ1v) is 20.6. The maximum atomic E-state index is 12.4. The lowest BCUT2D eigenvalue weighted by molar-refractivity contribution is -0.132. The predicted molar refractivity (Wildman–Crippen MR) is 201 cm³/mol. The second-order valence-electron chi connectivity index (χ2n) is 14.3. The molecule has 0 aromatic rings. The summed E-state index contributed by atoms with van der Waals surface area (Å²) in [5, 5.41) is 43.3. The first kappa shape index (κ1) is 46.0. The number of nitrogens with one attached hydrogen (secondary N) is 1. The zero-order valence-corrected chi connectivity index (χ0v) is 31.3. The molecule has 47 heavy (non-hydrogen) atoms. The van der Waals surface area contributed by atoms with Gasteiger partial charge < -0.3 is 25.7 Å². The number of unbranched alkanes of at least 4 members (excludes halogenated alkanes) is 26. The van der Waals surface area contributed by atoms with Crippen LogP contribution in [0.15, 0.2) is 12.2 Å². The summed E-state index contributed by atoms with van der Waals surface area (Å²) >= 11 is 0. The Kier molecular flexibility index (Phi) is 35.6. The van der Waals surface area contributed by atoms with Crippen LogP contribution in [0.4, 0.5) is 0 Å². The lowest BCUT2D eigenvalue weighted by Crippen LogP contribution is -2.53. The number of carbonyl (C=O) groups is 1. The van der Waals surface area contributed by atoms with Crippen molar-refractivity contribution >= 4 is 5.91 Å². The Hall–Kier alpha value is -0.950. The Morgan fingerprint density at radius 3 is 1.28 bits per heavy atom. The topological polar surface area (TPSA) is 110 Å². The van der Waals surface area contributed by atoms with E-state index in [-0.39, 0.29) is 0 Å². The fraction of sp³-hybridized carbons (Fsp3) is 0.927. The molecule has 0 heterocycles. The molecule has 0 radical (unpaired) electrons. The first-order valence-electron chi connectivity index (χ1n) is 20.6. The van der Waals surface area contributed by atoms with Gasteiger partial charge in [-0.05, 0) is 38.5 Å². The van der Waals surface area contributed by atoms with Gasteiger partial charge >= 0.3 is 0 Å². The summed E-state index contributed by atoms with van der Waals surface area (Å²) < 4.78 is 0. The van der Waals surface area contributed by atoms with E-state index in [0.717, 1.165) is 38.5 Å². The standard InChI is InChI=1S/C41H81NO5/c1-3-5-7-9-11-13-14-15-16-17-18-19-20-21-22-23-24-25-26-27-29-31-33-35-39(45)41(47)42-37(36-43)40(46)38(44)34-32-30-28-12-10-8-6-4-2/h12,28,37-40,43-46H,3-11,13-27,29-36H2,1-2H3,(H,42,47)/b28-12+. The van der Waals surface area contributed by atoms with Crippen LogP contribution in [0.5, 0.6) is 0 Å². The smallest absolute Gasteiger partial charge is 0.249 e. The van der Waals surface area contributed by atoms with Crippen molar-refractivity contribution in [1.29, 1.82) is 0 Å². The van der Waals surface area contributed by atoms with Crippen molar-refractivity contribution in [3.8, 4) is 0 Å². The van der Waals surface area contributed by atoms with E-state index in [0.29, 0.717) is 12.8 Å². The SMILES string of the molecule is CCCCC/C=C/CCCC(O)C(O)C(CO)NC(=O)C(O)CCCCCCCCCCCCCCCCCCCCCCCCC. The molecule has 0 aliphatic heterocycles. The summed E-state index contributed by atoms with van der Waals surface area (Å²) in [6.45, 7) is 3.98. The van der Waals surface area contributed by atoms with Crippen LogP contribution in [0.25, 0.3) is 0 Å². The largest absolute Gasteiger partial charge is 0.394 e. The highest BCUT2D eigenvalue weighted by atomic mass is 16.3. The van der Waals surface area contributed by atoms with Gasteiger partial charge in [-0.3, -0.25) is 4.79 Å². The third kappa shape index (κ3) is 30.8. The van der Waals surface area contributed by atoms with E-state index in [9.17, 15) is 25.2 Å². The van der Waals surface area contributed by atoms with Gasteiger partial charge in [0, 0.05) is 0 Å². The molecule has 6 nitrogen and oxygen atoms in total. The van der Waals surface area contributed by atoms with E-state index < -0.39 is 36.9 Å². The third-order valence-electron chi connectivity index (χ3n) is 9.73. The van der Waals surface area contributed by atoms with Crippen LogP contribution in [0.3, 0.4) is 0 Å². The van der Waals surface area contributed by atoms with Gasteiger partial charge in [0.05, 0.1) is 18.8 Å². The van der Waals surface area contributed by atoms with Crippen LogP contribution in [0.2, 0.25) is 0 Å². The molecule has 1 amide bonds. The Balaban J connectivity index is 3.63. The van der Waals surface area contributed by atoms with Crippen LogP contribution >= 0.6 is 0 Å². The van der Waals surface area contributed by atoms with Crippen LogP contribution in [0, 0.1) is 0 Å².